The van der Waals surface area contributed by atoms with Crippen molar-refractivity contribution in [3.05, 3.63) is 18.0 Å². The topological polar surface area (TPSA) is 81.1 Å². The lowest BCUT2D eigenvalue weighted by Gasteiger charge is -2.11. The number of aromatic nitrogens is 3. The van der Waals surface area contributed by atoms with Crippen LogP contribution in [-0.2, 0) is 16.6 Å². The SMILES string of the molecule is COC1CNC(C(=O)Nc2cnc3c(c2)c(C)nn3C)C1. The second-order valence-corrected chi connectivity index (χ2v) is 5.35. The molecule has 2 unspecified atom stereocenters. The highest BCUT2D eigenvalue weighted by Gasteiger charge is 2.29. The Kier molecular flexibility index (Phi) is 3.60. The Hall–Kier alpha value is -1.99. The summed E-state index contributed by atoms with van der Waals surface area (Å²) < 4.78 is 6.99. The van der Waals surface area contributed by atoms with E-state index in [-0.39, 0.29) is 18.1 Å². The smallest absolute Gasteiger partial charge is 0.241 e. The van der Waals surface area contributed by atoms with Crippen LogP contribution >= 0.6 is 0 Å². The van der Waals surface area contributed by atoms with Gasteiger partial charge in [0.15, 0.2) is 5.65 Å². The Bertz CT molecular complexity index is 681. The van der Waals surface area contributed by atoms with Gasteiger partial charge in [0.05, 0.1) is 29.7 Å². The van der Waals surface area contributed by atoms with Crippen LogP contribution in [0.1, 0.15) is 12.1 Å². The highest BCUT2D eigenvalue weighted by Crippen LogP contribution is 2.20. The Morgan fingerprint density at radius 1 is 1.57 bits per heavy atom. The minimum absolute atomic E-state index is 0.0581. The lowest BCUT2D eigenvalue weighted by atomic mass is 10.2. The molecule has 2 N–H and O–H groups in total. The van der Waals surface area contributed by atoms with Crippen molar-refractivity contribution in [2.75, 3.05) is 19.0 Å². The number of nitrogens with zero attached hydrogens (tertiary/aromatic N) is 3. The largest absolute Gasteiger partial charge is 0.380 e. The molecule has 0 aromatic carbocycles. The zero-order valence-corrected chi connectivity index (χ0v) is 12.4. The maximum Gasteiger partial charge on any atom is 0.241 e. The molecule has 2 aromatic heterocycles. The molecule has 0 spiro atoms. The van der Waals surface area contributed by atoms with E-state index in [4.69, 9.17) is 4.74 Å². The third kappa shape index (κ3) is 2.62. The molecule has 1 aliphatic heterocycles. The molecule has 0 bridgehead atoms. The number of carbonyl (C=O) groups is 1. The van der Waals surface area contributed by atoms with Gasteiger partial charge in [-0.25, -0.2) is 4.98 Å². The van der Waals surface area contributed by atoms with E-state index < -0.39 is 0 Å². The molecule has 7 nitrogen and oxygen atoms in total. The lowest BCUT2D eigenvalue weighted by Crippen LogP contribution is -2.35. The first-order valence-corrected chi connectivity index (χ1v) is 6.95. The molecular weight excluding hydrogens is 270 g/mol. The van der Waals surface area contributed by atoms with Crippen molar-refractivity contribution < 1.29 is 9.53 Å². The van der Waals surface area contributed by atoms with Crippen molar-refractivity contribution in [3.63, 3.8) is 0 Å². The maximum absolute atomic E-state index is 12.2. The zero-order chi connectivity index (χ0) is 15.0. The van der Waals surface area contributed by atoms with Gasteiger partial charge >= 0.3 is 0 Å². The van der Waals surface area contributed by atoms with E-state index in [2.05, 4.69) is 20.7 Å². The predicted molar refractivity (Wildman–Crippen MR) is 79.1 cm³/mol. The van der Waals surface area contributed by atoms with Crippen LogP contribution in [0, 0.1) is 6.92 Å². The van der Waals surface area contributed by atoms with Crippen molar-refractivity contribution in [2.24, 2.45) is 7.05 Å². The monoisotopic (exact) mass is 289 g/mol. The number of ether oxygens (including phenoxy) is 1. The molecule has 112 valence electrons. The van der Waals surface area contributed by atoms with E-state index >= 15 is 0 Å². The number of methoxy groups -OCH3 is 1. The average Bonchev–Trinajstić information content (AvgIpc) is 3.05. The van der Waals surface area contributed by atoms with Gasteiger partial charge in [-0.3, -0.25) is 9.48 Å². The first-order chi connectivity index (χ1) is 10.1. The van der Waals surface area contributed by atoms with Crippen molar-refractivity contribution in [3.8, 4) is 0 Å². The molecule has 0 radical (unpaired) electrons. The van der Waals surface area contributed by atoms with Crippen LogP contribution in [0.3, 0.4) is 0 Å². The number of fused-ring (bicyclic) bond motifs is 1. The number of hydrogen-bond acceptors (Lipinski definition) is 5. The van der Waals surface area contributed by atoms with E-state index in [1.807, 2.05) is 20.0 Å². The van der Waals surface area contributed by atoms with Crippen LogP contribution in [0.15, 0.2) is 12.3 Å². The van der Waals surface area contributed by atoms with E-state index in [0.717, 1.165) is 16.7 Å². The molecule has 1 fully saturated rings. The average molecular weight is 289 g/mol. The number of anilines is 1. The summed E-state index contributed by atoms with van der Waals surface area (Å²) in [7, 11) is 3.52. The Morgan fingerprint density at radius 2 is 2.38 bits per heavy atom. The third-order valence-corrected chi connectivity index (χ3v) is 3.87. The number of amides is 1. The first kappa shape index (κ1) is 14.0. The van der Waals surface area contributed by atoms with Crippen LogP contribution in [0.2, 0.25) is 0 Å². The molecule has 3 heterocycles. The van der Waals surface area contributed by atoms with Crippen LogP contribution in [0.5, 0.6) is 0 Å². The fourth-order valence-electron chi connectivity index (χ4n) is 2.69. The van der Waals surface area contributed by atoms with Crippen molar-refractivity contribution >= 4 is 22.6 Å². The van der Waals surface area contributed by atoms with Crippen molar-refractivity contribution in [1.29, 1.82) is 0 Å². The van der Waals surface area contributed by atoms with Gasteiger partial charge in [-0.2, -0.15) is 5.10 Å². The second kappa shape index (κ2) is 5.42. The summed E-state index contributed by atoms with van der Waals surface area (Å²) in [5, 5.41) is 11.3. The van der Waals surface area contributed by atoms with Crippen molar-refractivity contribution in [2.45, 2.75) is 25.5 Å². The standard InChI is InChI=1S/C14H19N5O2/c1-8-11-4-9(6-16-13(11)19(2)18-8)17-14(20)12-5-10(21-3)7-15-12/h4,6,10,12,15H,5,7H2,1-3H3,(H,17,20). The minimum atomic E-state index is -0.222. The minimum Gasteiger partial charge on any atom is -0.380 e. The second-order valence-electron chi connectivity index (χ2n) is 5.35. The van der Waals surface area contributed by atoms with Gasteiger partial charge in [-0.05, 0) is 19.4 Å². The normalized spacial score (nSPS) is 21.9. The van der Waals surface area contributed by atoms with Gasteiger partial charge in [0, 0.05) is 26.1 Å². The fraction of sp³-hybridized carbons (Fsp3) is 0.500. The predicted octanol–water partition coefficient (Wildman–Crippen LogP) is 0.592. The summed E-state index contributed by atoms with van der Waals surface area (Å²) >= 11 is 0. The molecule has 21 heavy (non-hydrogen) atoms. The first-order valence-electron chi connectivity index (χ1n) is 6.95. The van der Waals surface area contributed by atoms with E-state index in [1.165, 1.54) is 0 Å². The van der Waals surface area contributed by atoms with Gasteiger partial charge < -0.3 is 15.4 Å². The number of rotatable bonds is 3. The van der Waals surface area contributed by atoms with Gasteiger partial charge in [-0.15, -0.1) is 0 Å². The van der Waals surface area contributed by atoms with E-state index in [0.29, 0.717) is 18.7 Å². The van der Waals surface area contributed by atoms with Crippen molar-refractivity contribution in [1.82, 2.24) is 20.1 Å². The Balaban J connectivity index is 1.76. The molecule has 0 saturated carbocycles. The molecule has 2 atom stereocenters. The van der Waals surface area contributed by atoms with E-state index in [1.54, 1.807) is 18.0 Å². The molecule has 2 aromatic rings. The molecule has 7 heteroatoms. The summed E-state index contributed by atoms with van der Waals surface area (Å²) in [6.45, 7) is 2.63. The molecular formula is C14H19N5O2. The maximum atomic E-state index is 12.2. The molecule has 1 aliphatic rings. The number of nitrogens with one attached hydrogen (secondary N) is 2. The highest BCUT2D eigenvalue weighted by atomic mass is 16.5. The number of hydrogen-bond donors (Lipinski definition) is 2. The fourth-order valence-corrected chi connectivity index (χ4v) is 2.69. The quantitative estimate of drug-likeness (QED) is 0.864. The number of carbonyl (C=O) groups excluding carboxylic acids is 1. The van der Waals surface area contributed by atoms with Crippen LogP contribution in [0.25, 0.3) is 11.0 Å². The summed E-state index contributed by atoms with van der Waals surface area (Å²) in [5.41, 5.74) is 2.39. The Morgan fingerprint density at radius 3 is 3.10 bits per heavy atom. The highest BCUT2D eigenvalue weighted by molar-refractivity contribution is 5.96. The number of pyridine rings is 1. The van der Waals surface area contributed by atoms with Crippen LogP contribution in [0.4, 0.5) is 5.69 Å². The van der Waals surface area contributed by atoms with Gasteiger partial charge in [0.1, 0.15) is 0 Å². The Labute approximate surface area is 122 Å². The lowest BCUT2D eigenvalue weighted by molar-refractivity contribution is -0.118. The van der Waals surface area contributed by atoms with Gasteiger partial charge in [-0.1, -0.05) is 0 Å². The third-order valence-electron chi connectivity index (χ3n) is 3.87. The number of aryl methyl sites for hydroxylation is 2. The molecule has 1 amide bonds. The summed E-state index contributed by atoms with van der Waals surface area (Å²) in [4.78, 5) is 16.6. The van der Waals surface area contributed by atoms with Gasteiger partial charge in [0.2, 0.25) is 5.91 Å². The zero-order valence-electron chi connectivity index (χ0n) is 12.4. The summed E-state index contributed by atoms with van der Waals surface area (Å²) in [6.07, 6.45) is 2.44. The van der Waals surface area contributed by atoms with Crippen LogP contribution < -0.4 is 10.6 Å². The molecule has 1 saturated heterocycles. The van der Waals surface area contributed by atoms with Crippen LogP contribution in [-0.4, -0.2) is 46.5 Å². The van der Waals surface area contributed by atoms with Gasteiger partial charge in [0.25, 0.3) is 0 Å². The summed E-state index contributed by atoms with van der Waals surface area (Å²) in [5.74, 6) is -0.0581. The molecule has 0 aliphatic carbocycles. The molecule has 3 rings (SSSR count). The van der Waals surface area contributed by atoms with E-state index in [9.17, 15) is 4.79 Å². The summed E-state index contributed by atoms with van der Waals surface area (Å²) in [6, 6.07) is 1.69.